The van der Waals surface area contributed by atoms with Gasteiger partial charge in [-0.25, -0.2) is 8.42 Å². The number of carbonyl (C=O) groups excluding carboxylic acids is 1. The van der Waals surface area contributed by atoms with Gasteiger partial charge in [0, 0.05) is 12.3 Å². The molecule has 0 aliphatic carbocycles. The predicted octanol–water partition coefficient (Wildman–Crippen LogP) is 2.93. The Hall–Kier alpha value is -2.60. The second-order valence-corrected chi connectivity index (χ2v) is 6.68. The first kappa shape index (κ1) is 14.3. The molecule has 0 atom stereocenters. The molecule has 0 radical (unpaired) electrons. The summed E-state index contributed by atoms with van der Waals surface area (Å²) in [6.07, 6.45) is 0. The van der Waals surface area contributed by atoms with Gasteiger partial charge in [0.05, 0.1) is 10.4 Å². The van der Waals surface area contributed by atoms with Crippen LogP contribution in [0.25, 0.3) is 10.9 Å². The number of nitrogens with one attached hydrogen (secondary N) is 1. The van der Waals surface area contributed by atoms with Crippen LogP contribution in [0.4, 0.5) is 0 Å². The van der Waals surface area contributed by atoms with Crippen molar-refractivity contribution in [1.82, 2.24) is 4.98 Å². The van der Waals surface area contributed by atoms with Gasteiger partial charge in [-0.2, -0.15) is 0 Å². The summed E-state index contributed by atoms with van der Waals surface area (Å²) in [4.78, 5) is 14.2. The summed E-state index contributed by atoms with van der Waals surface area (Å²) in [6, 6.07) is 14.7. The monoisotopic (exact) mass is 315 g/mol. The molecule has 0 bridgehead atoms. The Balaban J connectivity index is 2.15. The molecule has 2 aromatic carbocycles. The zero-order valence-corrected chi connectivity index (χ0v) is 12.6. The second-order valence-electron chi connectivity index (χ2n) is 4.76. The van der Waals surface area contributed by atoms with Gasteiger partial charge < -0.3 is 9.72 Å². The van der Waals surface area contributed by atoms with E-state index < -0.39 is 15.8 Å². The molecule has 0 saturated carbocycles. The molecule has 1 heterocycles. The highest BCUT2D eigenvalue weighted by Gasteiger charge is 2.21. The van der Waals surface area contributed by atoms with Crippen LogP contribution in [-0.4, -0.2) is 19.4 Å². The van der Waals surface area contributed by atoms with E-state index in [4.69, 9.17) is 4.74 Å². The van der Waals surface area contributed by atoms with Crippen molar-refractivity contribution in [2.45, 2.75) is 16.8 Å². The first-order valence-corrected chi connectivity index (χ1v) is 8.07. The van der Waals surface area contributed by atoms with E-state index in [0.29, 0.717) is 16.7 Å². The molecule has 3 rings (SSSR count). The average Bonchev–Trinajstić information content (AvgIpc) is 2.93. The minimum Gasteiger partial charge on any atom is -0.426 e. The van der Waals surface area contributed by atoms with Crippen LogP contribution in [0.2, 0.25) is 0 Å². The highest BCUT2D eigenvalue weighted by atomic mass is 32.2. The first-order chi connectivity index (χ1) is 10.5. The Morgan fingerprint density at radius 2 is 1.77 bits per heavy atom. The van der Waals surface area contributed by atoms with E-state index in [9.17, 15) is 13.2 Å². The van der Waals surface area contributed by atoms with Gasteiger partial charge in [0.2, 0.25) is 9.84 Å². The van der Waals surface area contributed by atoms with Crippen LogP contribution in [0, 0.1) is 0 Å². The minimum absolute atomic E-state index is 0.0632. The van der Waals surface area contributed by atoms with Gasteiger partial charge in [-0.1, -0.05) is 24.3 Å². The third-order valence-corrected chi connectivity index (χ3v) is 4.89. The number of fused-ring (bicyclic) bond motifs is 1. The van der Waals surface area contributed by atoms with Crippen molar-refractivity contribution in [3.8, 4) is 5.75 Å². The number of benzene rings is 2. The summed E-state index contributed by atoms with van der Waals surface area (Å²) in [5.41, 5.74) is 0.591. The molecule has 1 aromatic heterocycles. The summed E-state index contributed by atoms with van der Waals surface area (Å²) in [7, 11) is -3.64. The van der Waals surface area contributed by atoms with Gasteiger partial charge >= 0.3 is 5.97 Å². The van der Waals surface area contributed by atoms with Crippen molar-refractivity contribution in [3.05, 3.63) is 54.6 Å². The number of ether oxygens (including phenoxy) is 1. The summed E-state index contributed by atoms with van der Waals surface area (Å²) in [5.74, 6) is -0.128. The van der Waals surface area contributed by atoms with Crippen LogP contribution in [-0.2, 0) is 14.6 Å². The predicted molar refractivity (Wildman–Crippen MR) is 81.5 cm³/mol. The second kappa shape index (κ2) is 5.31. The Kier molecular flexibility index (Phi) is 3.46. The maximum atomic E-state index is 12.6. The number of hydrogen-bond donors (Lipinski definition) is 1. The van der Waals surface area contributed by atoms with Crippen LogP contribution in [0.15, 0.2) is 64.5 Å². The van der Waals surface area contributed by atoms with Crippen molar-refractivity contribution < 1.29 is 17.9 Å². The normalized spacial score (nSPS) is 11.5. The van der Waals surface area contributed by atoms with Gasteiger partial charge in [0.25, 0.3) is 0 Å². The summed E-state index contributed by atoms with van der Waals surface area (Å²) < 4.78 is 30.3. The number of aromatic amines is 1. The number of H-pyrrole nitrogens is 1. The summed E-state index contributed by atoms with van der Waals surface area (Å²) in [5, 5.41) is 0.612. The minimum atomic E-state index is -3.64. The molecule has 112 valence electrons. The zero-order valence-electron chi connectivity index (χ0n) is 11.7. The van der Waals surface area contributed by atoms with Crippen LogP contribution in [0.3, 0.4) is 0 Å². The molecule has 0 amide bonds. The quantitative estimate of drug-likeness (QED) is 0.595. The fourth-order valence-corrected chi connectivity index (χ4v) is 3.50. The molecular weight excluding hydrogens is 302 g/mol. The maximum absolute atomic E-state index is 12.6. The Labute approximate surface area is 127 Å². The number of aromatic nitrogens is 1. The standard InChI is InChI=1S/C16H13NO4S/c1-11(18)21-15-9-5-8-14-13(15)10-16(17-14)22(19,20)12-6-3-2-4-7-12/h2-10,17H,1H3. The molecule has 0 unspecified atom stereocenters. The van der Waals surface area contributed by atoms with E-state index in [-0.39, 0.29) is 9.92 Å². The molecule has 6 heteroatoms. The van der Waals surface area contributed by atoms with E-state index in [0.717, 1.165) is 0 Å². The summed E-state index contributed by atoms with van der Waals surface area (Å²) in [6.45, 7) is 1.30. The Bertz CT molecular complexity index is 943. The Morgan fingerprint density at radius 3 is 2.45 bits per heavy atom. The zero-order chi connectivity index (χ0) is 15.7. The van der Waals surface area contributed by atoms with Crippen molar-refractivity contribution in [3.63, 3.8) is 0 Å². The molecule has 1 N–H and O–H groups in total. The van der Waals surface area contributed by atoms with Gasteiger partial charge in [-0.3, -0.25) is 4.79 Å². The topological polar surface area (TPSA) is 76.2 Å². The van der Waals surface area contributed by atoms with Crippen molar-refractivity contribution in [2.24, 2.45) is 0 Å². The van der Waals surface area contributed by atoms with E-state index in [1.807, 2.05) is 0 Å². The van der Waals surface area contributed by atoms with E-state index >= 15 is 0 Å². The van der Waals surface area contributed by atoms with Gasteiger partial charge in [-0.15, -0.1) is 0 Å². The highest BCUT2D eigenvalue weighted by molar-refractivity contribution is 7.91. The third-order valence-electron chi connectivity index (χ3n) is 3.20. The largest absolute Gasteiger partial charge is 0.426 e. The molecule has 22 heavy (non-hydrogen) atoms. The molecule has 0 spiro atoms. The number of esters is 1. The smallest absolute Gasteiger partial charge is 0.308 e. The number of carbonyl (C=O) groups is 1. The van der Waals surface area contributed by atoms with Crippen LogP contribution >= 0.6 is 0 Å². The number of sulfone groups is 1. The number of rotatable bonds is 3. The Morgan fingerprint density at radius 1 is 1.05 bits per heavy atom. The first-order valence-electron chi connectivity index (χ1n) is 6.59. The fraction of sp³-hybridized carbons (Fsp3) is 0.0625. The van der Waals surface area contributed by atoms with Gasteiger partial charge in [0.1, 0.15) is 10.8 Å². The highest BCUT2D eigenvalue weighted by Crippen LogP contribution is 2.30. The third kappa shape index (κ3) is 2.48. The molecule has 5 nitrogen and oxygen atoms in total. The molecular formula is C16H13NO4S. The van der Waals surface area contributed by atoms with Crippen LogP contribution < -0.4 is 4.74 Å². The molecule has 0 saturated heterocycles. The van der Waals surface area contributed by atoms with Gasteiger partial charge in [0.15, 0.2) is 0 Å². The lowest BCUT2D eigenvalue weighted by Crippen LogP contribution is -2.01. The lowest BCUT2D eigenvalue weighted by Gasteiger charge is -2.01. The SMILES string of the molecule is CC(=O)Oc1cccc2[nH]c(S(=O)(=O)c3ccccc3)cc12. The molecule has 0 aliphatic rings. The van der Waals surface area contributed by atoms with Crippen molar-refractivity contribution >= 4 is 26.7 Å². The van der Waals surface area contributed by atoms with E-state index in [1.54, 1.807) is 36.4 Å². The van der Waals surface area contributed by atoms with Crippen LogP contribution in [0.5, 0.6) is 5.75 Å². The molecule has 0 aliphatic heterocycles. The van der Waals surface area contributed by atoms with Crippen molar-refractivity contribution in [1.29, 1.82) is 0 Å². The molecule has 0 fully saturated rings. The van der Waals surface area contributed by atoms with Gasteiger partial charge in [-0.05, 0) is 30.3 Å². The van der Waals surface area contributed by atoms with Crippen molar-refractivity contribution in [2.75, 3.05) is 0 Å². The number of hydrogen-bond acceptors (Lipinski definition) is 4. The average molecular weight is 315 g/mol. The maximum Gasteiger partial charge on any atom is 0.308 e. The van der Waals surface area contributed by atoms with E-state index in [2.05, 4.69) is 4.98 Å². The fourth-order valence-electron chi connectivity index (χ4n) is 2.22. The lowest BCUT2D eigenvalue weighted by atomic mass is 10.2. The molecule has 3 aromatic rings. The van der Waals surface area contributed by atoms with Crippen LogP contribution in [0.1, 0.15) is 6.92 Å². The lowest BCUT2D eigenvalue weighted by molar-refractivity contribution is -0.131. The summed E-state index contributed by atoms with van der Waals surface area (Å²) >= 11 is 0. The van der Waals surface area contributed by atoms with E-state index in [1.165, 1.54) is 25.1 Å².